The molecular formula is C35H29BrN2O5S. The predicted octanol–water partition coefficient (Wildman–Crippen LogP) is 6.30. The second kappa shape index (κ2) is 12.6. The van der Waals surface area contributed by atoms with Gasteiger partial charge in [-0.1, -0.05) is 84.1 Å². The summed E-state index contributed by atoms with van der Waals surface area (Å²) in [6.07, 6.45) is 1.80. The van der Waals surface area contributed by atoms with Crippen LogP contribution in [0.25, 0.3) is 16.8 Å². The number of fused-ring (bicyclic) bond motifs is 2. The van der Waals surface area contributed by atoms with Gasteiger partial charge in [0.15, 0.2) is 16.3 Å². The first-order valence-corrected chi connectivity index (χ1v) is 15.7. The molecule has 0 fully saturated rings. The molecule has 0 radical (unpaired) electrons. The number of esters is 1. The fraction of sp³-hybridized carbons (Fsp3) is 0.171. The molecule has 1 aliphatic heterocycles. The van der Waals surface area contributed by atoms with Crippen LogP contribution in [0, 0.1) is 0 Å². The zero-order chi connectivity index (χ0) is 30.8. The summed E-state index contributed by atoms with van der Waals surface area (Å²) in [6.45, 7) is 4.11. The summed E-state index contributed by atoms with van der Waals surface area (Å²) >= 11 is 4.93. The number of ether oxygens (including phenoxy) is 3. The highest BCUT2D eigenvalue weighted by atomic mass is 79.9. The van der Waals surface area contributed by atoms with Crippen LogP contribution < -0.4 is 24.4 Å². The highest BCUT2D eigenvalue weighted by Gasteiger charge is 2.33. The van der Waals surface area contributed by atoms with Crippen molar-refractivity contribution in [3.8, 4) is 11.5 Å². The van der Waals surface area contributed by atoms with Crippen LogP contribution in [0.3, 0.4) is 0 Å². The summed E-state index contributed by atoms with van der Waals surface area (Å²) in [7, 11) is 1.59. The van der Waals surface area contributed by atoms with E-state index in [1.54, 1.807) is 31.6 Å². The fourth-order valence-electron chi connectivity index (χ4n) is 5.43. The fourth-order valence-corrected chi connectivity index (χ4v) is 7.05. The van der Waals surface area contributed by atoms with Gasteiger partial charge in [-0.15, -0.1) is 0 Å². The molecule has 0 N–H and O–H groups in total. The maximum Gasteiger partial charge on any atom is 0.338 e. The van der Waals surface area contributed by atoms with E-state index in [1.165, 1.54) is 11.3 Å². The largest absolute Gasteiger partial charge is 0.493 e. The quantitative estimate of drug-likeness (QED) is 0.181. The molecule has 0 bridgehead atoms. The van der Waals surface area contributed by atoms with Crippen molar-refractivity contribution in [1.82, 2.24) is 4.57 Å². The van der Waals surface area contributed by atoms with E-state index >= 15 is 0 Å². The third-order valence-corrected chi connectivity index (χ3v) is 9.01. The summed E-state index contributed by atoms with van der Waals surface area (Å²) in [6, 6.07) is 26.9. The maximum atomic E-state index is 13.9. The van der Waals surface area contributed by atoms with E-state index in [0.717, 1.165) is 27.5 Å². The van der Waals surface area contributed by atoms with Crippen molar-refractivity contribution in [2.24, 2.45) is 4.99 Å². The minimum absolute atomic E-state index is 0.222. The highest BCUT2D eigenvalue weighted by Crippen LogP contribution is 2.38. The molecular weight excluding hydrogens is 640 g/mol. The van der Waals surface area contributed by atoms with Gasteiger partial charge in [-0.05, 0) is 75.4 Å². The lowest BCUT2D eigenvalue weighted by molar-refractivity contribution is -0.139. The Hall–Kier alpha value is -4.47. The third-order valence-electron chi connectivity index (χ3n) is 7.43. The van der Waals surface area contributed by atoms with Crippen molar-refractivity contribution in [3.63, 3.8) is 0 Å². The molecule has 0 amide bonds. The Kier molecular flexibility index (Phi) is 8.50. The number of halogens is 1. The summed E-state index contributed by atoms with van der Waals surface area (Å²) in [5.41, 5.74) is 3.25. The lowest BCUT2D eigenvalue weighted by Gasteiger charge is -2.24. The van der Waals surface area contributed by atoms with E-state index in [4.69, 9.17) is 14.2 Å². The van der Waals surface area contributed by atoms with Gasteiger partial charge in [0.25, 0.3) is 5.56 Å². The van der Waals surface area contributed by atoms with E-state index in [1.807, 2.05) is 60.7 Å². The van der Waals surface area contributed by atoms with Crippen molar-refractivity contribution in [1.29, 1.82) is 0 Å². The van der Waals surface area contributed by atoms with Gasteiger partial charge in [0.05, 0.1) is 40.0 Å². The highest BCUT2D eigenvalue weighted by molar-refractivity contribution is 9.10. The van der Waals surface area contributed by atoms with Crippen LogP contribution in [0.4, 0.5) is 0 Å². The number of thiazole rings is 1. The van der Waals surface area contributed by atoms with Crippen LogP contribution in [0.1, 0.15) is 36.6 Å². The van der Waals surface area contributed by atoms with Crippen LogP contribution in [0.15, 0.2) is 110 Å². The Balaban J connectivity index is 1.39. The smallest absolute Gasteiger partial charge is 0.338 e. The van der Waals surface area contributed by atoms with Crippen LogP contribution in [0.2, 0.25) is 0 Å². The molecule has 0 spiro atoms. The van der Waals surface area contributed by atoms with Crippen molar-refractivity contribution in [2.45, 2.75) is 26.5 Å². The molecule has 44 heavy (non-hydrogen) atoms. The van der Waals surface area contributed by atoms with E-state index in [2.05, 4.69) is 45.2 Å². The topological polar surface area (TPSA) is 79.1 Å². The van der Waals surface area contributed by atoms with Crippen molar-refractivity contribution in [3.05, 3.63) is 137 Å². The van der Waals surface area contributed by atoms with Gasteiger partial charge >= 0.3 is 5.97 Å². The Morgan fingerprint density at radius 1 is 1.05 bits per heavy atom. The van der Waals surface area contributed by atoms with E-state index in [9.17, 15) is 9.59 Å². The first-order valence-electron chi connectivity index (χ1n) is 14.1. The van der Waals surface area contributed by atoms with Crippen LogP contribution in [0.5, 0.6) is 11.5 Å². The standard InChI is InChI=1S/C35H29BrN2O5S/c1-4-42-34(40)30-21(2)37-35-38(31(30)24-12-6-5-7-13-24)33(39)29(44-35)19-22-17-27(36)32(28(18-22)41-3)43-20-25-15-10-14-23-11-8-9-16-26(23)25/h5-19,31H,4,20H2,1-3H3/b29-19+. The number of hydrogen-bond donors (Lipinski definition) is 0. The molecule has 1 aromatic heterocycles. The molecule has 2 heterocycles. The van der Waals surface area contributed by atoms with Gasteiger partial charge in [-0.25, -0.2) is 9.79 Å². The molecule has 1 unspecified atom stereocenters. The normalized spacial score (nSPS) is 14.7. The second-order valence-corrected chi connectivity index (χ2v) is 12.0. The number of rotatable bonds is 8. The first kappa shape index (κ1) is 29.6. The minimum atomic E-state index is -0.653. The van der Waals surface area contributed by atoms with Gasteiger partial charge in [-0.2, -0.15) is 0 Å². The number of aromatic nitrogens is 1. The number of nitrogens with zero attached hydrogens (tertiary/aromatic N) is 2. The Morgan fingerprint density at radius 2 is 1.80 bits per heavy atom. The molecule has 0 saturated carbocycles. The average molecular weight is 670 g/mol. The van der Waals surface area contributed by atoms with Gasteiger partial charge < -0.3 is 14.2 Å². The van der Waals surface area contributed by atoms with Crippen LogP contribution in [-0.2, 0) is 16.1 Å². The molecule has 6 rings (SSSR count). The van der Waals surface area contributed by atoms with Crippen molar-refractivity contribution in [2.75, 3.05) is 13.7 Å². The lowest BCUT2D eigenvalue weighted by atomic mass is 9.96. The SMILES string of the molecule is CCOC(=O)C1=C(C)N=c2s/c(=C/c3cc(Br)c(OCc4cccc5ccccc45)c(OC)c3)c(=O)n2C1c1ccccc1. The van der Waals surface area contributed by atoms with Gasteiger partial charge in [0, 0.05) is 0 Å². The zero-order valence-electron chi connectivity index (χ0n) is 24.4. The Labute approximate surface area is 266 Å². The van der Waals surface area contributed by atoms with Gasteiger partial charge in [0.1, 0.15) is 6.61 Å². The predicted molar refractivity (Wildman–Crippen MR) is 176 cm³/mol. The molecule has 222 valence electrons. The Bertz CT molecular complexity index is 2090. The number of methoxy groups -OCH3 is 1. The average Bonchev–Trinajstić information content (AvgIpc) is 3.33. The van der Waals surface area contributed by atoms with E-state index in [0.29, 0.717) is 43.2 Å². The lowest BCUT2D eigenvalue weighted by Crippen LogP contribution is -2.39. The molecule has 5 aromatic rings. The van der Waals surface area contributed by atoms with Gasteiger partial charge in [-0.3, -0.25) is 9.36 Å². The number of carbonyl (C=O) groups excluding carboxylic acids is 1. The molecule has 1 aliphatic rings. The number of allylic oxidation sites excluding steroid dienone is 1. The third kappa shape index (κ3) is 5.60. The Morgan fingerprint density at radius 3 is 2.57 bits per heavy atom. The minimum Gasteiger partial charge on any atom is -0.493 e. The van der Waals surface area contributed by atoms with E-state index in [-0.39, 0.29) is 12.2 Å². The maximum absolute atomic E-state index is 13.9. The first-order chi connectivity index (χ1) is 21.4. The second-order valence-electron chi connectivity index (χ2n) is 10.2. The zero-order valence-corrected chi connectivity index (χ0v) is 26.8. The number of carbonyl (C=O) groups is 1. The van der Waals surface area contributed by atoms with Gasteiger partial charge in [0.2, 0.25) is 0 Å². The summed E-state index contributed by atoms with van der Waals surface area (Å²) < 4.78 is 20.1. The van der Waals surface area contributed by atoms with Crippen molar-refractivity contribution >= 4 is 50.1 Å². The molecule has 1 atom stereocenters. The van der Waals surface area contributed by atoms with Crippen molar-refractivity contribution < 1.29 is 19.0 Å². The summed E-state index contributed by atoms with van der Waals surface area (Å²) in [5, 5.41) is 2.28. The molecule has 9 heteroatoms. The monoisotopic (exact) mass is 668 g/mol. The number of benzene rings is 4. The number of hydrogen-bond acceptors (Lipinski definition) is 7. The summed E-state index contributed by atoms with van der Waals surface area (Å²) in [5.74, 6) is 0.615. The molecule has 0 aliphatic carbocycles. The van der Waals surface area contributed by atoms with E-state index < -0.39 is 12.0 Å². The molecule has 0 saturated heterocycles. The summed E-state index contributed by atoms with van der Waals surface area (Å²) in [4.78, 5) is 32.2. The molecule has 7 nitrogen and oxygen atoms in total. The van der Waals surface area contributed by atoms with Crippen LogP contribution in [-0.4, -0.2) is 24.3 Å². The molecule has 4 aromatic carbocycles. The van der Waals surface area contributed by atoms with Crippen LogP contribution >= 0.6 is 27.3 Å².